The van der Waals surface area contributed by atoms with Crippen LogP contribution in [0.3, 0.4) is 0 Å². The zero-order valence-electron chi connectivity index (χ0n) is 13.1. The maximum Gasteiger partial charge on any atom is 0.163 e. The number of hydrogen-bond donors (Lipinski definition) is 3. The molecule has 4 nitrogen and oxygen atoms in total. The van der Waals surface area contributed by atoms with Crippen LogP contribution in [0.25, 0.3) is 0 Å². The number of nitrogens with zero attached hydrogens (tertiary/aromatic N) is 1. The molecule has 4 heteroatoms. The van der Waals surface area contributed by atoms with Gasteiger partial charge in [0.15, 0.2) is 6.04 Å². The monoisotopic (exact) mass is 277 g/mol. The van der Waals surface area contributed by atoms with E-state index in [9.17, 15) is 0 Å². The number of nitrogens with two attached hydrogens (primary N) is 1. The average Bonchev–Trinajstić information content (AvgIpc) is 2.47. The molecule has 1 saturated heterocycles. The van der Waals surface area contributed by atoms with Crippen LogP contribution in [0, 0.1) is 0 Å². The number of benzene rings is 1. The maximum atomic E-state index is 2.49. The summed E-state index contributed by atoms with van der Waals surface area (Å²) in [4.78, 5) is 5.69. The summed E-state index contributed by atoms with van der Waals surface area (Å²) >= 11 is 0. The van der Waals surface area contributed by atoms with Gasteiger partial charge < -0.3 is 20.0 Å². The van der Waals surface area contributed by atoms with Crippen molar-refractivity contribution in [3.05, 3.63) is 29.3 Å². The fourth-order valence-electron chi connectivity index (χ4n) is 3.65. The van der Waals surface area contributed by atoms with Gasteiger partial charge in [-0.15, -0.1) is 0 Å². The molecule has 0 unspecified atom stereocenters. The van der Waals surface area contributed by atoms with Crippen LogP contribution >= 0.6 is 0 Å². The molecule has 0 aromatic heterocycles. The molecule has 0 radical (unpaired) electrons. The lowest BCUT2D eigenvalue weighted by Gasteiger charge is -2.35. The standard InChI is InChI=1S/C16H26N4/c1-18(2)14-4-5-15-13(10-14)11-17-12-16(15)20-8-6-19(3)7-9-20/h4-5,10,16-17H,6-9,11-12H2,1-3H3/p+3/t16-/m0/s1. The van der Waals surface area contributed by atoms with E-state index in [2.05, 4.69) is 49.6 Å². The van der Waals surface area contributed by atoms with E-state index in [0.29, 0.717) is 6.04 Å². The summed E-state index contributed by atoms with van der Waals surface area (Å²) in [6, 6.07) is 7.76. The summed E-state index contributed by atoms with van der Waals surface area (Å²) in [5.74, 6) is 0. The van der Waals surface area contributed by atoms with Gasteiger partial charge in [0.25, 0.3) is 0 Å². The predicted octanol–water partition coefficient (Wildman–Crippen LogP) is -2.72. The molecule has 2 aliphatic rings. The second kappa shape index (κ2) is 5.72. The summed E-state index contributed by atoms with van der Waals surface area (Å²) in [5.41, 5.74) is 4.48. The highest BCUT2D eigenvalue weighted by Crippen LogP contribution is 2.22. The van der Waals surface area contributed by atoms with E-state index in [1.807, 2.05) is 0 Å². The molecule has 1 aromatic carbocycles. The van der Waals surface area contributed by atoms with Gasteiger partial charge in [-0.2, -0.15) is 0 Å². The Morgan fingerprint density at radius 3 is 2.60 bits per heavy atom. The molecule has 1 fully saturated rings. The Morgan fingerprint density at radius 2 is 1.90 bits per heavy atom. The number of hydrogen-bond acceptors (Lipinski definition) is 1. The fourth-order valence-corrected chi connectivity index (χ4v) is 3.65. The lowest BCUT2D eigenvalue weighted by molar-refractivity contribution is -1.03. The first-order chi connectivity index (χ1) is 9.65. The first kappa shape index (κ1) is 13.9. The zero-order chi connectivity index (χ0) is 14.1. The molecular formula is C16H29N4+3. The van der Waals surface area contributed by atoms with Crippen molar-refractivity contribution in [1.82, 2.24) is 0 Å². The SMILES string of the molecule is CN(C)c1ccc2c(c1)C[NH2+]C[C@@H]2[NH+]1CC[NH+](C)CC1. The number of anilines is 1. The Morgan fingerprint density at radius 1 is 1.15 bits per heavy atom. The molecule has 2 heterocycles. The van der Waals surface area contributed by atoms with Crippen LogP contribution in [-0.4, -0.2) is 53.9 Å². The minimum absolute atomic E-state index is 0.697. The van der Waals surface area contributed by atoms with Crippen LogP contribution in [0.5, 0.6) is 0 Å². The number of nitrogens with one attached hydrogen (secondary N) is 2. The average molecular weight is 277 g/mol. The van der Waals surface area contributed by atoms with E-state index >= 15 is 0 Å². The zero-order valence-corrected chi connectivity index (χ0v) is 13.1. The first-order valence-corrected chi connectivity index (χ1v) is 7.93. The molecule has 1 atom stereocenters. The van der Waals surface area contributed by atoms with Crippen molar-refractivity contribution in [3.63, 3.8) is 0 Å². The molecule has 0 spiro atoms. The van der Waals surface area contributed by atoms with Crippen LogP contribution in [0.1, 0.15) is 17.2 Å². The molecule has 3 rings (SSSR count). The molecule has 1 aromatic rings. The Balaban J connectivity index is 1.83. The minimum Gasteiger partial charge on any atom is -0.378 e. The van der Waals surface area contributed by atoms with Crippen molar-refractivity contribution < 1.29 is 15.1 Å². The number of likely N-dealkylation sites (N-methyl/N-ethyl adjacent to an activating group) is 1. The normalized spacial score (nSPS) is 29.9. The number of fused-ring (bicyclic) bond motifs is 1. The number of quaternary nitrogens is 3. The summed E-state index contributed by atoms with van der Waals surface area (Å²) in [6.07, 6.45) is 0. The van der Waals surface area contributed by atoms with E-state index < -0.39 is 0 Å². The summed E-state index contributed by atoms with van der Waals surface area (Å²) in [5, 5.41) is 2.49. The highest BCUT2D eigenvalue weighted by atomic mass is 15.3. The van der Waals surface area contributed by atoms with Gasteiger partial charge in [-0.25, -0.2) is 0 Å². The molecule has 20 heavy (non-hydrogen) atoms. The molecule has 0 amide bonds. The first-order valence-electron chi connectivity index (χ1n) is 7.93. The molecular weight excluding hydrogens is 248 g/mol. The Bertz CT molecular complexity index is 464. The quantitative estimate of drug-likeness (QED) is 0.539. The van der Waals surface area contributed by atoms with Crippen LogP contribution in [0.15, 0.2) is 18.2 Å². The second-order valence-electron chi connectivity index (χ2n) is 6.67. The third-order valence-corrected chi connectivity index (χ3v) is 5.02. The Hall–Kier alpha value is -1.10. The van der Waals surface area contributed by atoms with E-state index in [0.717, 1.165) is 6.54 Å². The van der Waals surface area contributed by atoms with E-state index in [1.165, 1.54) is 38.4 Å². The van der Waals surface area contributed by atoms with Crippen molar-refractivity contribution in [1.29, 1.82) is 0 Å². The molecule has 0 saturated carbocycles. The van der Waals surface area contributed by atoms with Crippen LogP contribution in [0.4, 0.5) is 5.69 Å². The van der Waals surface area contributed by atoms with Gasteiger partial charge >= 0.3 is 0 Å². The molecule has 110 valence electrons. The van der Waals surface area contributed by atoms with E-state index in [1.54, 1.807) is 20.9 Å². The topological polar surface area (TPSA) is 28.7 Å². The van der Waals surface area contributed by atoms with Crippen LogP contribution in [-0.2, 0) is 6.54 Å². The second-order valence-corrected chi connectivity index (χ2v) is 6.67. The molecule has 0 bridgehead atoms. The fraction of sp³-hybridized carbons (Fsp3) is 0.625. The maximum absolute atomic E-state index is 2.49. The highest BCUT2D eigenvalue weighted by molar-refractivity contribution is 5.50. The van der Waals surface area contributed by atoms with E-state index in [4.69, 9.17) is 0 Å². The third kappa shape index (κ3) is 2.68. The van der Waals surface area contributed by atoms with Crippen molar-refractivity contribution in [2.24, 2.45) is 0 Å². The third-order valence-electron chi connectivity index (χ3n) is 5.02. The predicted molar refractivity (Wildman–Crippen MR) is 81.3 cm³/mol. The van der Waals surface area contributed by atoms with Crippen molar-refractivity contribution in [3.8, 4) is 0 Å². The smallest absolute Gasteiger partial charge is 0.163 e. The van der Waals surface area contributed by atoms with Crippen LogP contribution < -0.4 is 20.0 Å². The van der Waals surface area contributed by atoms with Gasteiger partial charge in [-0.1, -0.05) is 6.07 Å². The lowest BCUT2D eigenvalue weighted by Crippen LogP contribution is -3.28. The van der Waals surface area contributed by atoms with Gasteiger partial charge in [0.05, 0.1) is 7.05 Å². The van der Waals surface area contributed by atoms with Gasteiger partial charge in [-0.05, 0) is 12.1 Å². The van der Waals surface area contributed by atoms with E-state index in [-0.39, 0.29) is 0 Å². The van der Waals surface area contributed by atoms with Crippen LogP contribution in [0.2, 0.25) is 0 Å². The van der Waals surface area contributed by atoms with Gasteiger partial charge in [-0.3, -0.25) is 0 Å². The number of rotatable bonds is 2. The molecule has 2 aliphatic heterocycles. The summed E-state index contributed by atoms with van der Waals surface area (Å²) in [6.45, 7) is 7.67. The Kier molecular flexibility index (Phi) is 3.96. The van der Waals surface area contributed by atoms with Crippen molar-refractivity contribution in [2.45, 2.75) is 12.6 Å². The largest absolute Gasteiger partial charge is 0.378 e. The lowest BCUT2D eigenvalue weighted by atomic mass is 9.94. The molecule has 0 aliphatic carbocycles. The highest BCUT2D eigenvalue weighted by Gasteiger charge is 2.34. The number of piperazine rings is 1. The van der Waals surface area contributed by atoms with Crippen molar-refractivity contribution >= 4 is 5.69 Å². The molecule has 4 N–H and O–H groups in total. The summed E-state index contributed by atoms with van der Waals surface area (Å²) < 4.78 is 0. The van der Waals surface area contributed by atoms with Gasteiger partial charge in [0, 0.05) is 30.9 Å². The van der Waals surface area contributed by atoms with Gasteiger partial charge in [0.1, 0.15) is 39.3 Å². The summed E-state index contributed by atoms with van der Waals surface area (Å²) in [7, 11) is 6.57. The Labute approximate surface area is 122 Å². The van der Waals surface area contributed by atoms with Gasteiger partial charge in [0.2, 0.25) is 0 Å². The minimum atomic E-state index is 0.697. The van der Waals surface area contributed by atoms with Crippen molar-refractivity contribution in [2.75, 3.05) is 58.8 Å².